The Morgan fingerprint density at radius 1 is 1.21 bits per heavy atom. The molecule has 0 radical (unpaired) electrons. The van der Waals surface area contributed by atoms with Crippen molar-refractivity contribution in [1.29, 1.82) is 0 Å². The maximum absolute atomic E-state index is 11.5. The van der Waals surface area contributed by atoms with Gasteiger partial charge in [0, 0.05) is 13.1 Å². The molecule has 2 rings (SSSR count). The molecule has 5 nitrogen and oxygen atoms in total. The number of amides is 2. The van der Waals surface area contributed by atoms with E-state index in [-0.39, 0.29) is 6.03 Å². The van der Waals surface area contributed by atoms with Crippen LogP contribution in [0.2, 0.25) is 0 Å². The lowest BCUT2D eigenvalue weighted by Crippen LogP contribution is -2.35. The third-order valence-corrected chi connectivity index (χ3v) is 2.98. The summed E-state index contributed by atoms with van der Waals surface area (Å²) in [6.07, 6.45) is 0.927. The largest absolute Gasteiger partial charge is 0.486 e. The lowest BCUT2D eigenvalue weighted by Gasteiger charge is -2.20. The second kappa shape index (κ2) is 6.31. The highest BCUT2D eigenvalue weighted by Gasteiger charge is 2.14. The van der Waals surface area contributed by atoms with E-state index in [1.165, 1.54) is 0 Å². The van der Waals surface area contributed by atoms with Gasteiger partial charge in [-0.1, -0.05) is 6.92 Å². The molecule has 1 aliphatic rings. The number of rotatable bonds is 4. The zero-order valence-corrected chi connectivity index (χ0v) is 11.4. The fourth-order valence-corrected chi connectivity index (χ4v) is 1.90. The topological polar surface area (TPSA) is 59.6 Å². The van der Waals surface area contributed by atoms with Crippen LogP contribution >= 0.6 is 0 Å². The van der Waals surface area contributed by atoms with Gasteiger partial charge >= 0.3 is 6.03 Å². The predicted octanol–water partition coefficient (Wildman–Crippen LogP) is 1.98. The molecule has 0 bridgehead atoms. The van der Waals surface area contributed by atoms with Crippen molar-refractivity contribution in [3.8, 4) is 11.5 Å². The maximum atomic E-state index is 11.5. The summed E-state index contributed by atoms with van der Waals surface area (Å²) in [6.45, 7) is 6.35. The Labute approximate surface area is 113 Å². The number of aryl methyl sites for hydroxylation is 1. The van der Waals surface area contributed by atoms with Gasteiger partial charge in [0.15, 0.2) is 11.5 Å². The van der Waals surface area contributed by atoms with Crippen LogP contribution < -0.4 is 20.1 Å². The van der Waals surface area contributed by atoms with Crippen molar-refractivity contribution in [3.05, 3.63) is 23.3 Å². The van der Waals surface area contributed by atoms with Crippen molar-refractivity contribution < 1.29 is 14.3 Å². The molecular formula is C14H20N2O3. The van der Waals surface area contributed by atoms with Crippen molar-refractivity contribution in [2.45, 2.75) is 26.8 Å². The first-order valence-corrected chi connectivity index (χ1v) is 6.61. The van der Waals surface area contributed by atoms with Gasteiger partial charge in [-0.25, -0.2) is 4.79 Å². The van der Waals surface area contributed by atoms with Gasteiger partial charge < -0.3 is 20.1 Å². The van der Waals surface area contributed by atoms with Crippen LogP contribution in [0.1, 0.15) is 24.5 Å². The fraction of sp³-hybridized carbons (Fsp3) is 0.500. The number of fused-ring (bicyclic) bond motifs is 1. The molecule has 0 fully saturated rings. The Morgan fingerprint density at radius 3 is 2.58 bits per heavy atom. The highest BCUT2D eigenvalue weighted by Crippen LogP contribution is 2.32. The summed E-state index contributed by atoms with van der Waals surface area (Å²) >= 11 is 0. The first kappa shape index (κ1) is 13.5. The first-order chi connectivity index (χ1) is 9.20. The van der Waals surface area contributed by atoms with Crippen molar-refractivity contribution >= 4 is 6.03 Å². The standard InChI is InChI=1S/C14H20N2O3/c1-3-4-15-14(17)16-9-11-8-13-12(7-10(11)2)18-5-6-19-13/h7-8H,3-6,9H2,1-2H3,(H2,15,16,17). The number of urea groups is 1. The summed E-state index contributed by atoms with van der Waals surface area (Å²) in [5.74, 6) is 1.53. The molecule has 1 heterocycles. The minimum atomic E-state index is -0.142. The summed E-state index contributed by atoms with van der Waals surface area (Å²) < 4.78 is 11.1. The Morgan fingerprint density at radius 2 is 1.89 bits per heavy atom. The lowest BCUT2D eigenvalue weighted by molar-refractivity contribution is 0.171. The van der Waals surface area contributed by atoms with Crippen LogP contribution in [0.4, 0.5) is 4.79 Å². The van der Waals surface area contributed by atoms with Crippen LogP contribution in [-0.2, 0) is 6.54 Å². The van der Waals surface area contributed by atoms with Gasteiger partial charge in [-0.2, -0.15) is 0 Å². The third kappa shape index (κ3) is 3.53. The highest BCUT2D eigenvalue weighted by molar-refractivity contribution is 5.73. The van der Waals surface area contributed by atoms with Crippen LogP contribution in [0, 0.1) is 6.92 Å². The highest BCUT2D eigenvalue weighted by atomic mass is 16.6. The summed E-state index contributed by atoms with van der Waals surface area (Å²) in [7, 11) is 0. The molecular weight excluding hydrogens is 244 g/mol. The minimum absolute atomic E-state index is 0.142. The molecule has 0 saturated carbocycles. The van der Waals surface area contributed by atoms with Gasteiger partial charge in [0.1, 0.15) is 13.2 Å². The molecule has 19 heavy (non-hydrogen) atoms. The van der Waals surface area contributed by atoms with Gasteiger partial charge in [-0.3, -0.25) is 0 Å². The lowest BCUT2D eigenvalue weighted by atomic mass is 10.1. The van der Waals surface area contributed by atoms with E-state index in [1.807, 2.05) is 26.0 Å². The molecule has 2 amide bonds. The summed E-state index contributed by atoms with van der Waals surface area (Å²) in [5.41, 5.74) is 2.12. The van der Waals surface area contributed by atoms with Crippen molar-refractivity contribution in [2.75, 3.05) is 19.8 Å². The molecule has 5 heteroatoms. The monoisotopic (exact) mass is 264 g/mol. The van der Waals surface area contributed by atoms with Gasteiger partial charge in [-0.15, -0.1) is 0 Å². The first-order valence-electron chi connectivity index (χ1n) is 6.61. The van der Waals surface area contributed by atoms with Crippen LogP contribution in [0.15, 0.2) is 12.1 Å². The van der Waals surface area contributed by atoms with Crippen LogP contribution in [-0.4, -0.2) is 25.8 Å². The number of nitrogens with one attached hydrogen (secondary N) is 2. The van der Waals surface area contributed by atoms with Gasteiger partial charge in [0.05, 0.1) is 0 Å². The molecule has 0 aliphatic carbocycles. The summed E-state index contributed by atoms with van der Waals surface area (Å²) in [5, 5.41) is 5.61. The van der Waals surface area contributed by atoms with Crippen LogP contribution in [0.3, 0.4) is 0 Å². The Kier molecular flexibility index (Phi) is 4.49. The second-order valence-corrected chi connectivity index (χ2v) is 4.53. The normalized spacial score (nSPS) is 12.9. The SMILES string of the molecule is CCCNC(=O)NCc1cc2c(cc1C)OCCO2. The third-order valence-electron chi connectivity index (χ3n) is 2.98. The minimum Gasteiger partial charge on any atom is -0.486 e. The number of carbonyl (C=O) groups is 1. The smallest absolute Gasteiger partial charge is 0.315 e. The summed E-state index contributed by atoms with van der Waals surface area (Å²) in [6, 6.07) is 3.75. The Bertz CT molecular complexity index is 460. The second-order valence-electron chi connectivity index (χ2n) is 4.53. The van der Waals surface area contributed by atoms with E-state index < -0.39 is 0 Å². The molecule has 1 aromatic rings. The van der Waals surface area contributed by atoms with E-state index in [1.54, 1.807) is 0 Å². The fourth-order valence-electron chi connectivity index (χ4n) is 1.90. The maximum Gasteiger partial charge on any atom is 0.315 e. The number of benzene rings is 1. The molecule has 2 N–H and O–H groups in total. The van der Waals surface area contributed by atoms with Crippen molar-refractivity contribution in [2.24, 2.45) is 0 Å². The van der Waals surface area contributed by atoms with Crippen molar-refractivity contribution in [1.82, 2.24) is 10.6 Å². The number of carbonyl (C=O) groups excluding carboxylic acids is 1. The Hall–Kier alpha value is -1.91. The predicted molar refractivity (Wildman–Crippen MR) is 72.7 cm³/mol. The molecule has 0 atom stereocenters. The van der Waals surface area contributed by atoms with E-state index in [4.69, 9.17) is 9.47 Å². The zero-order valence-electron chi connectivity index (χ0n) is 11.4. The van der Waals surface area contributed by atoms with E-state index in [0.29, 0.717) is 26.3 Å². The molecule has 0 saturated heterocycles. The van der Waals surface area contributed by atoms with Crippen LogP contribution in [0.5, 0.6) is 11.5 Å². The average Bonchev–Trinajstić information content (AvgIpc) is 2.42. The van der Waals surface area contributed by atoms with Crippen molar-refractivity contribution in [3.63, 3.8) is 0 Å². The number of hydrogen-bond donors (Lipinski definition) is 2. The van der Waals surface area contributed by atoms with E-state index in [2.05, 4.69) is 10.6 Å². The molecule has 0 spiro atoms. The average molecular weight is 264 g/mol. The number of ether oxygens (including phenoxy) is 2. The zero-order chi connectivity index (χ0) is 13.7. The van der Waals surface area contributed by atoms with E-state index in [0.717, 1.165) is 29.0 Å². The van der Waals surface area contributed by atoms with Gasteiger partial charge in [0.25, 0.3) is 0 Å². The van der Waals surface area contributed by atoms with E-state index in [9.17, 15) is 4.79 Å². The van der Waals surface area contributed by atoms with E-state index >= 15 is 0 Å². The molecule has 1 aromatic carbocycles. The molecule has 104 valence electrons. The molecule has 1 aliphatic heterocycles. The van der Waals surface area contributed by atoms with Gasteiger partial charge in [-0.05, 0) is 36.6 Å². The molecule has 0 unspecified atom stereocenters. The number of hydrogen-bond acceptors (Lipinski definition) is 3. The quantitative estimate of drug-likeness (QED) is 0.874. The molecule has 0 aromatic heterocycles. The van der Waals surface area contributed by atoms with Crippen LogP contribution in [0.25, 0.3) is 0 Å². The Balaban J connectivity index is 1.98. The van der Waals surface area contributed by atoms with Gasteiger partial charge in [0.2, 0.25) is 0 Å². The summed E-state index contributed by atoms with van der Waals surface area (Å²) in [4.78, 5) is 11.5.